The second-order valence-corrected chi connectivity index (χ2v) is 8.09. The Labute approximate surface area is 167 Å². The molecule has 1 aromatic rings. The lowest BCUT2D eigenvalue weighted by atomic mass is 10.1. The molecule has 0 spiro atoms. The SMILES string of the molecule is CCOCC(C)(C=O)Oc1ccccc1N1CCN(C(=O)OC(C)(C)C)CC1. The molecular weight excluding hydrogens is 360 g/mol. The molecule has 1 heterocycles. The summed E-state index contributed by atoms with van der Waals surface area (Å²) in [5.74, 6) is 0.627. The lowest BCUT2D eigenvalue weighted by Gasteiger charge is -2.38. The number of benzene rings is 1. The van der Waals surface area contributed by atoms with Gasteiger partial charge in [-0.25, -0.2) is 4.79 Å². The molecule has 156 valence electrons. The van der Waals surface area contributed by atoms with Gasteiger partial charge in [0.15, 0.2) is 11.9 Å². The fourth-order valence-electron chi connectivity index (χ4n) is 2.90. The Bertz CT molecular complexity index is 665. The second-order valence-electron chi connectivity index (χ2n) is 8.09. The summed E-state index contributed by atoms with van der Waals surface area (Å²) in [7, 11) is 0. The fourth-order valence-corrected chi connectivity index (χ4v) is 2.90. The van der Waals surface area contributed by atoms with Gasteiger partial charge >= 0.3 is 6.09 Å². The predicted octanol–water partition coefficient (Wildman–Crippen LogP) is 3.12. The number of piperazine rings is 1. The minimum absolute atomic E-state index is 0.188. The zero-order valence-electron chi connectivity index (χ0n) is 17.6. The molecule has 1 unspecified atom stereocenters. The summed E-state index contributed by atoms with van der Waals surface area (Å²) >= 11 is 0. The first-order valence-electron chi connectivity index (χ1n) is 9.72. The van der Waals surface area contributed by atoms with Crippen LogP contribution in [-0.2, 0) is 14.3 Å². The summed E-state index contributed by atoms with van der Waals surface area (Å²) in [6.07, 6.45) is 0.488. The standard InChI is InChI=1S/C21H32N2O5/c1-6-26-16-21(5,15-24)27-18-10-8-7-9-17(18)22-11-13-23(14-12-22)19(25)28-20(2,3)4/h7-10,15H,6,11-14,16H2,1-5H3. The first-order valence-corrected chi connectivity index (χ1v) is 9.72. The normalized spacial score (nSPS) is 17.0. The number of hydrogen-bond acceptors (Lipinski definition) is 6. The highest BCUT2D eigenvalue weighted by Gasteiger charge is 2.30. The van der Waals surface area contributed by atoms with Crippen LogP contribution in [0.15, 0.2) is 24.3 Å². The van der Waals surface area contributed by atoms with E-state index in [1.165, 1.54) is 0 Å². The smallest absolute Gasteiger partial charge is 0.410 e. The maximum absolute atomic E-state index is 12.3. The van der Waals surface area contributed by atoms with E-state index in [1.54, 1.807) is 11.8 Å². The number of carbonyl (C=O) groups is 2. The largest absolute Gasteiger partial charge is 0.475 e. The quantitative estimate of drug-likeness (QED) is 0.664. The molecule has 1 aromatic carbocycles. The maximum atomic E-state index is 12.3. The Kier molecular flexibility index (Phi) is 7.29. The molecule has 7 heteroatoms. The topological polar surface area (TPSA) is 68.3 Å². The van der Waals surface area contributed by atoms with Crippen molar-refractivity contribution in [2.24, 2.45) is 0 Å². The van der Waals surface area contributed by atoms with Gasteiger partial charge in [0.2, 0.25) is 0 Å². The van der Waals surface area contributed by atoms with E-state index in [0.717, 1.165) is 12.0 Å². The van der Waals surface area contributed by atoms with Crippen LogP contribution in [-0.4, -0.2) is 67.9 Å². The van der Waals surface area contributed by atoms with Crippen molar-refractivity contribution in [3.05, 3.63) is 24.3 Å². The van der Waals surface area contributed by atoms with Gasteiger partial charge in [0.05, 0.1) is 12.3 Å². The van der Waals surface area contributed by atoms with E-state index in [9.17, 15) is 9.59 Å². The number of anilines is 1. The van der Waals surface area contributed by atoms with Crippen LogP contribution in [0.3, 0.4) is 0 Å². The van der Waals surface area contributed by atoms with Gasteiger partial charge in [0.1, 0.15) is 11.4 Å². The molecule has 0 aliphatic carbocycles. The molecule has 0 saturated carbocycles. The van der Waals surface area contributed by atoms with E-state index in [4.69, 9.17) is 14.2 Å². The Hall–Kier alpha value is -2.28. The number of nitrogens with zero attached hydrogens (tertiary/aromatic N) is 2. The third-order valence-corrected chi connectivity index (χ3v) is 4.32. The molecule has 0 N–H and O–H groups in total. The van der Waals surface area contributed by atoms with Gasteiger partial charge in [-0.3, -0.25) is 4.79 Å². The van der Waals surface area contributed by atoms with Gasteiger partial charge in [-0.15, -0.1) is 0 Å². The van der Waals surface area contributed by atoms with Crippen LogP contribution in [0, 0.1) is 0 Å². The number of ether oxygens (including phenoxy) is 3. The summed E-state index contributed by atoms with van der Waals surface area (Å²) < 4.78 is 16.9. The van der Waals surface area contributed by atoms with E-state index in [2.05, 4.69) is 4.90 Å². The Morgan fingerprint density at radius 2 is 1.75 bits per heavy atom. The van der Waals surface area contributed by atoms with Gasteiger partial charge in [0.25, 0.3) is 0 Å². The van der Waals surface area contributed by atoms with Crippen molar-refractivity contribution in [3.63, 3.8) is 0 Å². The van der Waals surface area contributed by atoms with E-state index < -0.39 is 11.2 Å². The number of aldehydes is 1. The lowest BCUT2D eigenvalue weighted by Crippen LogP contribution is -2.50. The highest BCUT2D eigenvalue weighted by molar-refractivity contribution is 5.69. The average Bonchev–Trinajstić information content (AvgIpc) is 2.66. The number of hydrogen-bond donors (Lipinski definition) is 0. The van der Waals surface area contributed by atoms with Crippen molar-refractivity contribution in [2.45, 2.75) is 45.8 Å². The minimum atomic E-state index is -1.05. The number of carbonyl (C=O) groups excluding carboxylic acids is 2. The van der Waals surface area contributed by atoms with Gasteiger partial charge in [0, 0.05) is 32.8 Å². The molecule has 1 amide bonds. The van der Waals surface area contributed by atoms with Gasteiger partial charge in [-0.2, -0.15) is 0 Å². The molecular formula is C21H32N2O5. The molecule has 28 heavy (non-hydrogen) atoms. The second kappa shape index (κ2) is 9.28. The van der Waals surface area contributed by atoms with E-state index in [1.807, 2.05) is 52.0 Å². The summed E-state index contributed by atoms with van der Waals surface area (Å²) in [4.78, 5) is 27.7. The van der Waals surface area contributed by atoms with Crippen molar-refractivity contribution < 1.29 is 23.8 Å². The molecule has 7 nitrogen and oxygen atoms in total. The maximum Gasteiger partial charge on any atom is 0.410 e. The number of rotatable bonds is 7. The van der Waals surface area contributed by atoms with Crippen LogP contribution in [0.1, 0.15) is 34.6 Å². The average molecular weight is 392 g/mol. The molecule has 2 rings (SSSR count). The zero-order valence-corrected chi connectivity index (χ0v) is 17.6. The third kappa shape index (κ3) is 6.12. The van der Waals surface area contributed by atoms with Gasteiger partial charge in [-0.05, 0) is 46.8 Å². The highest BCUT2D eigenvalue weighted by Crippen LogP contribution is 2.31. The first kappa shape index (κ1) is 22.0. The summed E-state index contributed by atoms with van der Waals surface area (Å²) in [5.41, 5.74) is -0.658. The van der Waals surface area contributed by atoms with Crippen LogP contribution < -0.4 is 9.64 Å². The van der Waals surface area contributed by atoms with Crippen LogP contribution in [0.25, 0.3) is 0 Å². The molecule has 1 aliphatic rings. The first-order chi connectivity index (χ1) is 13.2. The van der Waals surface area contributed by atoms with Crippen LogP contribution in [0.2, 0.25) is 0 Å². The fraction of sp³-hybridized carbons (Fsp3) is 0.619. The van der Waals surface area contributed by atoms with E-state index in [0.29, 0.717) is 38.5 Å². The Morgan fingerprint density at radius 3 is 2.32 bits per heavy atom. The number of para-hydroxylation sites is 2. The Morgan fingerprint density at radius 1 is 1.11 bits per heavy atom. The van der Waals surface area contributed by atoms with Crippen LogP contribution >= 0.6 is 0 Å². The Balaban J connectivity index is 2.05. The van der Waals surface area contributed by atoms with Gasteiger partial charge < -0.3 is 24.0 Å². The lowest BCUT2D eigenvalue weighted by molar-refractivity contribution is -0.125. The molecule has 1 fully saturated rings. The predicted molar refractivity (Wildman–Crippen MR) is 108 cm³/mol. The summed E-state index contributed by atoms with van der Waals surface area (Å²) in [6.45, 7) is 12.3. The summed E-state index contributed by atoms with van der Waals surface area (Å²) in [6, 6.07) is 7.62. The molecule has 0 aromatic heterocycles. The monoisotopic (exact) mass is 392 g/mol. The van der Waals surface area contributed by atoms with Crippen LogP contribution in [0.5, 0.6) is 5.75 Å². The molecule has 1 saturated heterocycles. The van der Waals surface area contributed by atoms with Crippen molar-refractivity contribution in [2.75, 3.05) is 44.3 Å². The number of amides is 1. The molecule has 1 aliphatic heterocycles. The molecule has 1 atom stereocenters. The minimum Gasteiger partial charge on any atom is -0.475 e. The van der Waals surface area contributed by atoms with Crippen molar-refractivity contribution in [1.29, 1.82) is 0 Å². The molecule has 0 bridgehead atoms. The van der Waals surface area contributed by atoms with Crippen molar-refractivity contribution in [3.8, 4) is 5.75 Å². The van der Waals surface area contributed by atoms with Crippen LogP contribution in [0.4, 0.5) is 10.5 Å². The highest BCUT2D eigenvalue weighted by atomic mass is 16.6. The third-order valence-electron chi connectivity index (χ3n) is 4.32. The molecule has 0 radical (unpaired) electrons. The van der Waals surface area contributed by atoms with Crippen molar-refractivity contribution >= 4 is 18.1 Å². The zero-order chi connectivity index (χ0) is 20.8. The van der Waals surface area contributed by atoms with E-state index >= 15 is 0 Å². The summed E-state index contributed by atoms with van der Waals surface area (Å²) in [5, 5.41) is 0. The van der Waals surface area contributed by atoms with Crippen molar-refractivity contribution in [1.82, 2.24) is 4.90 Å². The van der Waals surface area contributed by atoms with E-state index in [-0.39, 0.29) is 12.7 Å². The van der Waals surface area contributed by atoms with Gasteiger partial charge in [-0.1, -0.05) is 12.1 Å².